The quantitative estimate of drug-likeness (QED) is 0.338. The number of benzene rings is 2. The molecule has 0 atom stereocenters. The number of esters is 1. The van der Waals surface area contributed by atoms with E-state index in [1.54, 1.807) is 24.4 Å². The van der Waals surface area contributed by atoms with Crippen LogP contribution >= 0.6 is 31.9 Å². The number of pyridine rings is 1. The molecule has 0 aliphatic carbocycles. The summed E-state index contributed by atoms with van der Waals surface area (Å²) < 4.78 is 44.4. The van der Waals surface area contributed by atoms with Crippen molar-refractivity contribution in [1.82, 2.24) is 4.98 Å². The molecule has 0 fully saturated rings. The van der Waals surface area contributed by atoms with Crippen molar-refractivity contribution in [2.75, 3.05) is 0 Å². The van der Waals surface area contributed by atoms with E-state index >= 15 is 0 Å². The van der Waals surface area contributed by atoms with E-state index in [2.05, 4.69) is 36.8 Å². The van der Waals surface area contributed by atoms with Gasteiger partial charge in [-0.15, -0.1) is 0 Å². The number of rotatable bonds is 2. The predicted octanol–water partition coefficient (Wildman–Crippen LogP) is 6.00. The van der Waals surface area contributed by atoms with Gasteiger partial charge < -0.3 is 4.74 Å². The van der Waals surface area contributed by atoms with Crippen LogP contribution in [0.25, 0.3) is 10.9 Å². The highest BCUT2D eigenvalue weighted by molar-refractivity contribution is 9.11. The highest BCUT2D eigenvalue weighted by Crippen LogP contribution is 2.37. The maximum Gasteiger partial charge on any atom is 0.416 e. The zero-order valence-corrected chi connectivity index (χ0v) is 15.4. The molecule has 0 radical (unpaired) electrons. The van der Waals surface area contributed by atoms with Crippen molar-refractivity contribution in [2.45, 2.75) is 6.18 Å². The molecular weight excluding hydrogens is 467 g/mol. The van der Waals surface area contributed by atoms with Crippen LogP contribution in [0.4, 0.5) is 13.2 Å². The number of nitrogens with zero attached hydrogens (tertiary/aromatic N) is 1. The first-order valence-corrected chi connectivity index (χ1v) is 8.48. The van der Waals surface area contributed by atoms with Crippen molar-refractivity contribution in [3.8, 4) is 5.75 Å². The Morgan fingerprint density at radius 1 is 1.04 bits per heavy atom. The summed E-state index contributed by atoms with van der Waals surface area (Å²) in [6, 6.07) is 9.07. The van der Waals surface area contributed by atoms with Crippen LogP contribution in [0.3, 0.4) is 0 Å². The SMILES string of the molecule is O=C(Oc1c(Br)cc(Br)c2cccnc12)c1ccc(C(F)(F)F)cc1. The third-order valence-electron chi connectivity index (χ3n) is 3.39. The van der Waals surface area contributed by atoms with Gasteiger partial charge in [0.1, 0.15) is 5.52 Å². The summed E-state index contributed by atoms with van der Waals surface area (Å²) in [5.74, 6) is -0.576. The second-order valence-corrected chi connectivity index (χ2v) is 6.74. The average Bonchev–Trinajstić information content (AvgIpc) is 2.58. The van der Waals surface area contributed by atoms with Gasteiger partial charge in [-0.3, -0.25) is 4.98 Å². The fourth-order valence-electron chi connectivity index (χ4n) is 2.19. The monoisotopic (exact) mass is 473 g/mol. The first-order chi connectivity index (χ1) is 11.8. The standard InChI is InChI=1S/C17H8Br2F3NO2/c18-12-8-13(19)15(14-11(12)2-1-7-23-14)25-16(24)9-3-5-10(6-4-9)17(20,21)22/h1-8H. The van der Waals surface area contributed by atoms with Gasteiger partial charge in [0, 0.05) is 16.1 Å². The Kier molecular flexibility index (Phi) is 4.83. The number of hydrogen-bond donors (Lipinski definition) is 0. The lowest BCUT2D eigenvalue weighted by atomic mass is 10.1. The second-order valence-electron chi connectivity index (χ2n) is 5.03. The topological polar surface area (TPSA) is 39.2 Å². The molecule has 0 unspecified atom stereocenters. The number of fused-ring (bicyclic) bond motifs is 1. The fourth-order valence-corrected chi connectivity index (χ4v) is 3.54. The van der Waals surface area contributed by atoms with Gasteiger partial charge in [-0.25, -0.2) is 4.79 Å². The van der Waals surface area contributed by atoms with E-state index in [1.807, 2.05) is 0 Å². The molecule has 3 rings (SSSR count). The Morgan fingerprint density at radius 2 is 1.72 bits per heavy atom. The van der Waals surface area contributed by atoms with Gasteiger partial charge in [0.15, 0.2) is 5.75 Å². The molecule has 1 aromatic heterocycles. The molecule has 128 valence electrons. The molecule has 0 aliphatic rings. The van der Waals surface area contributed by atoms with Crippen LogP contribution < -0.4 is 4.74 Å². The van der Waals surface area contributed by atoms with Gasteiger partial charge in [-0.2, -0.15) is 13.2 Å². The van der Waals surface area contributed by atoms with Crippen LogP contribution in [0, 0.1) is 0 Å². The van der Waals surface area contributed by atoms with Gasteiger partial charge in [-0.1, -0.05) is 22.0 Å². The van der Waals surface area contributed by atoms with Crippen molar-refractivity contribution in [3.63, 3.8) is 0 Å². The molecule has 0 aliphatic heterocycles. The Morgan fingerprint density at radius 3 is 2.36 bits per heavy atom. The average molecular weight is 475 g/mol. The van der Waals surface area contributed by atoms with E-state index in [1.165, 1.54) is 0 Å². The Balaban J connectivity index is 1.95. The molecule has 0 saturated heterocycles. The minimum atomic E-state index is -4.46. The van der Waals surface area contributed by atoms with Crippen molar-refractivity contribution >= 4 is 48.7 Å². The van der Waals surface area contributed by atoms with Crippen LogP contribution in [0.5, 0.6) is 5.75 Å². The summed E-state index contributed by atoms with van der Waals surface area (Å²) in [7, 11) is 0. The van der Waals surface area contributed by atoms with E-state index in [-0.39, 0.29) is 11.3 Å². The van der Waals surface area contributed by atoms with Gasteiger partial charge in [0.25, 0.3) is 0 Å². The summed E-state index contributed by atoms with van der Waals surface area (Å²) in [5, 5.41) is 0.737. The maximum absolute atomic E-state index is 12.6. The van der Waals surface area contributed by atoms with Gasteiger partial charge >= 0.3 is 12.1 Å². The first kappa shape index (κ1) is 17.9. The Labute approximate surface area is 157 Å². The zero-order valence-electron chi connectivity index (χ0n) is 12.3. The lowest BCUT2D eigenvalue weighted by Crippen LogP contribution is -2.11. The van der Waals surface area contributed by atoms with Gasteiger partial charge in [0.05, 0.1) is 15.6 Å². The molecule has 0 bridgehead atoms. The second kappa shape index (κ2) is 6.76. The zero-order chi connectivity index (χ0) is 18.2. The highest BCUT2D eigenvalue weighted by Gasteiger charge is 2.30. The molecule has 0 N–H and O–H groups in total. The molecule has 0 amide bonds. The maximum atomic E-state index is 12.6. The van der Waals surface area contributed by atoms with Crippen LogP contribution in [-0.4, -0.2) is 11.0 Å². The van der Waals surface area contributed by atoms with Crippen LogP contribution in [0.15, 0.2) is 57.6 Å². The number of halogens is 5. The number of carbonyl (C=O) groups excluding carboxylic acids is 1. The summed E-state index contributed by atoms with van der Waals surface area (Å²) in [5.41, 5.74) is -0.378. The lowest BCUT2D eigenvalue weighted by Gasteiger charge is -2.11. The number of carbonyl (C=O) groups is 1. The minimum Gasteiger partial charge on any atom is -0.419 e. The Hall–Kier alpha value is -1.93. The van der Waals surface area contributed by atoms with Gasteiger partial charge in [0.2, 0.25) is 0 Å². The molecule has 2 aromatic carbocycles. The van der Waals surface area contributed by atoms with Crippen molar-refractivity contribution in [3.05, 3.63) is 68.7 Å². The summed E-state index contributed by atoms with van der Waals surface area (Å²) in [4.78, 5) is 16.5. The van der Waals surface area contributed by atoms with E-state index < -0.39 is 17.7 Å². The van der Waals surface area contributed by atoms with Crippen LogP contribution in [0.2, 0.25) is 0 Å². The molecule has 3 aromatic rings. The third-order valence-corrected chi connectivity index (χ3v) is 4.64. The van der Waals surface area contributed by atoms with E-state index in [0.29, 0.717) is 9.99 Å². The number of alkyl halides is 3. The third kappa shape index (κ3) is 3.69. The molecule has 25 heavy (non-hydrogen) atoms. The van der Waals surface area contributed by atoms with E-state index in [0.717, 1.165) is 34.1 Å². The molecule has 1 heterocycles. The molecular formula is C17H8Br2F3NO2. The fraction of sp³-hybridized carbons (Fsp3) is 0.0588. The van der Waals surface area contributed by atoms with Crippen molar-refractivity contribution < 1.29 is 22.7 Å². The highest BCUT2D eigenvalue weighted by atomic mass is 79.9. The van der Waals surface area contributed by atoms with E-state index in [9.17, 15) is 18.0 Å². The van der Waals surface area contributed by atoms with Crippen LogP contribution in [0.1, 0.15) is 15.9 Å². The molecule has 0 saturated carbocycles. The number of hydrogen-bond acceptors (Lipinski definition) is 3. The number of ether oxygens (including phenoxy) is 1. The van der Waals surface area contributed by atoms with Crippen molar-refractivity contribution in [2.24, 2.45) is 0 Å². The van der Waals surface area contributed by atoms with Gasteiger partial charge in [-0.05, 0) is 52.3 Å². The summed E-state index contributed by atoms with van der Waals surface area (Å²) in [6.07, 6.45) is -2.91. The lowest BCUT2D eigenvalue weighted by molar-refractivity contribution is -0.137. The number of aromatic nitrogens is 1. The molecule has 8 heteroatoms. The van der Waals surface area contributed by atoms with Crippen molar-refractivity contribution in [1.29, 1.82) is 0 Å². The minimum absolute atomic E-state index is 0.00639. The first-order valence-electron chi connectivity index (χ1n) is 6.89. The largest absolute Gasteiger partial charge is 0.419 e. The van der Waals surface area contributed by atoms with E-state index in [4.69, 9.17) is 4.74 Å². The molecule has 3 nitrogen and oxygen atoms in total. The predicted molar refractivity (Wildman–Crippen MR) is 93.5 cm³/mol. The molecule has 0 spiro atoms. The normalized spacial score (nSPS) is 11.6. The summed E-state index contributed by atoms with van der Waals surface area (Å²) >= 11 is 6.71. The van der Waals surface area contributed by atoms with Crippen LogP contribution in [-0.2, 0) is 6.18 Å². The Bertz CT molecular complexity index is 957. The smallest absolute Gasteiger partial charge is 0.416 e. The summed E-state index contributed by atoms with van der Waals surface area (Å²) in [6.45, 7) is 0.